The summed E-state index contributed by atoms with van der Waals surface area (Å²) in [5, 5.41) is 10.8. The molecule has 6 nitrogen and oxygen atoms in total. The Balaban J connectivity index is 1.75. The highest BCUT2D eigenvalue weighted by Crippen LogP contribution is 2.27. The summed E-state index contributed by atoms with van der Waals surface area (Å²) < 4.78 is 7.01. The highest BCUT2D eigenvalue weighted by Gasteiger charge is 2.19. The Morgan fingerprint density at radius 1 is 1.53 bits per heavy atom. The third-order valence-electron chi connectivity index (χ3n) is 3.07. The van der Waals surface area contributed by atoms with Crippen LogP contribution in [0.2, 0.25) is 0 Å². The van der Waals surface area contributed by atoms with Crippen LogP contribution in [0.3, 0.4) is 0 Å². The van der Waals surface area contributed by atoms with Gasteiger partial charge in [0.05, 0.1) is 12.7 Å². The Labute approximate surface area is 113 Å². The normalized spacial score (nSPS) is 15.9. The van der Waals surface area contributed by atoms with Crippen molar-refractivity contribution in [3.05, 3.63) is 11.9 Å². The van der Waals surface area contributed by atoms with E-state index in [2.05, 4.69) is 15.6 Å². The zero-order chi connectivity index (χ0) is 13.9. The van der Waals surface area contributed by atoms with Crippen molar-refractivity contribution in [3.63, 3.8) is 0 Å². The van der Waals surface area contributed by atoms with E-state index in [1.54, 1.807) is 0 Å². The van der Waals surface area contributed by atoms with E-state index in [0.29, 0.717) is 6.54 Å². The number of hydrogen-bond acceptors (Lipinski definition) is 4. The second-order valence-corrected chi connectivity index (χ2v) is 6.08. The minimum absolute atomic E-state index is 0.347. The van der Waals surface area contributed by atoms with Crippen LogP contribution in [-0.2, 0) is 17.8 Å². The summed E-state index contributed by atoms with van der Waals surface area (Å²) in [6, 6.07) is 0. The Morgan fingerprint density at radius 2 is 2.26 bits per heavy atom. The van der Waals surface area contributed by atoms with Crippen LogP contribution in [0, 0.1) is 5.92 Å². The fourth-order valence-electron chi connectivity index (χ4n) is 1.93. The molecule has 1 amide bonds. The first kappa shape index (κ1) is 13.8. The van der Waals surface area contributed by atoms with E-state index in [-0.39, 0.29) is 0 Å². The molecule has 1 fully saturated rings. The third-order valence-corrected chi connectivity index (χ3v) is 3.07. The SMILES string of the molecule is CC(C)(C)OC(=O)NCc1cn(CC2CCC2)nn1. The van der Waals surface area contributed by atoms with Crippen molar-refractivity contribution in [1.82, 2.24) is 20.3 Å². The number of carbonyl (C=O) groups excluding carboxylic acids is 1. The quantitative estimate of drug-likeness (QED) is 0.906. The van der Waals surface area contributed by atoms with E-state index in [0.717, 1.165) is 18.2 Å². The second-order valence-electron chi connectivity index (χ2n) is 6.08. The molecular formula is C13H22N4O2. The lowest BCUT2D eigenvalue weighted by atomic mass is 9.85. The molecule has 1 aliphatic rings. The third kappa shape index (κ3) is 4.54. The van der Waals surface area contributed by atoms with Crippen molar-refractivity contribution in [3.8, 4) is 0 Å². The van der Waals surface area contributed by atoms with Gasteiger partial charge in [0.2, 0.25) is 0 Å². The zero-order valence-corrected chi connectivity index (χ0v) is 11.8. The number of nitrogens with zero attached hydrogens (tertiary/aromatic N) is 3. The van der Waals surface area contributed by atoms with E-state index in [1.165, 1.54) is 19.3 Å². The average Bonchev–Trinajstić information content (AvgIpc) is 2.66. The summed E-state index contributed by atoms with van der Waals surface area (Å²) in [7, 11) is 0. The van der Waals surface area contributed by atoms with Gasteiger partial charge < -0.3 is 10.1 Å². The van der Waals surface area contributed by atoms with Gasteiger partial charge in [-0.05, 0) is 39.5 Å². The standard InChI is InChI=1S/C13H22N4O2/c1-13(2,3)19-12(18)14-7-11-9-17(16-15-11)8-10-5-4-6-10/h9-10H,4-8H2,1-3H3,(H,14,18). The van der Waals surface area contributed by atoms with Crippen molar-refractivity contribution in [2.45, 2.75) is 58.7 Å². The van der Waals surface area contributed by atoms with Crippen molar-refractivity contribution >= 4 is 6.09 Å². The number of alkyl carbamates (subject to hydrolysis) is 1. The Morgan fingerprint density at radius 3 is 2.84 bits per heavy atom. The topological polar surface area (TPSA) is 69.0 Å². The monoisotopic (exact) mass is 266 g/mol. The van der Waals surface area contributed by atoms with Gasteiger partial charge in [-0.1, -0.05) is 11.6 Å². The van der Waals surface area contributed by atoms with Gasteiger partial charge in [-0.25, -0.2) is 4.79 Å². The number of aromatic nitrogens is 3. The van der Waals surface area contributed by atoms with Gasteiger partial charge in [0.15, 0.2) is 0 Å². The van der Waals surface area contributed by atoms with E-state index >= 15 is 0 Å². The van der Waals surface area contributed by atoms with Crippen molar-refractivity contribution in [2.75, 3.05) is 0 Å². The minimum atomic E-state index is -0.480. The summed E-state index contributed by atoms with van der Waals surface area (Å²) in [6.07, 6.45) is 5.35. The fraction of sp³-hybridized carbons (Fsp3) is 0.769. The molecule has 106 valence electrons. The molecule has 19 heavy (non-hydrogen) atoms. The van der Waals surface area contributed by atoms with Crippen molar-refractivity contribution < 1.29 is 9.53 Å². The summed E-state index contributed by atoms with van der Waals surface area (Å²) in [6.45, 7) is 6.78. The Kier molecular flexibility index (Phi) is 4.07. The number of rotatable bonds is 4. The first-order valence-corrected chi connectivity index (χ1v) is 6.78. The number of carbonyl (C=O) groups is 1. The van der Waals surface area contributed by atoms with E-state index < -0.39 is 11.7 Å². The maximum Gasteiger partial charge on any atom is 0.407 e. The molecule has 1 saturated carbocycles. The molecule has 0 aromatic carbocycles. The van der Waals surface area contributed by atoms with Crippen molar-refractivity contribution in [1.29, 1.82) is 0 Å². The molecular weight excluding hydrogens is 244 g/mol. The molecule has 1 aromatic rings. The van der Waals surface area contributed by atoms with Gasteiger partial charge in [-0.2, -0.15) is 0 Å². The van der Waals surface area contributed by atoms with Crippen LogP contribution in [-0.4, -0.2) is 26.7 Å². The molecule has 0 aliphatic heterocycles. The fourth-order valence-corrected chi connectivity index (χ4v) is 1.93. The number of hydrogen-bond donors (Lipinski definition) is 1. The largest absolute Gasteiger partial charge is 0.444 e. The lowest BCUT2D eigenvalue weighted by Crippen LogP contribution is -2.32. The average molecular weight is 266 g/mol. The van der Waals surface area contributed by atoms with Gasteiger partial charge in [-0.15, -0.1) is 5.10 Å². The maximum atomic E-state index is 11.5. The van der Waals surface area contributed by atoms with Crippen LogP contribution in [0.15, 0.2) is 6.20 Å². The maximum absolute atomic E-state index is 11.5. The predicted octanol–water partition coefficient (Wildman–Crippen LogP) is 2.10. The molecule has 1 aliphatic carbocycles. The molecule has 1 aromatic heterocycles. The van der Waals surface area contributed by atoms with Gasteiger partial charge in [0.1, 0.15) is 11.3 Å². The minimum Gasteiger partial charge on any atom is -0.444 e. The van der Waals surface area contributed by atoms with Crippen LogP contribution in [0.5, 0.6) is 0 Å². The first-order valence-electron chi connectivity index (χ1n) is 6.78. The number of amides is 1. The highest BCUT2D eigenvalue weighted by atomic mass is 16.6. The molecule has 1 heterocycles. The van der Waals surface area contributed by atoms with Crippen LogP contribution in [0.4, 0.5) is 4.79 Å². The summed E-state index contributed by atoms with van der Waals surface area (Å²) in [5.41, 5.74) is 0.275. The van der Waals surface area contributed by atoms with Crippen LogP contribution in [0.1, 0.15) is 45.7 Å². The van der Waals surface area contributed by atoms with Crippen LogP contribution in [0.25, 0.3) is 0 Å². The second kappa shape index (κ2) is 5.59. The zero-order valence-electron chi connectivity index (χ0n) is 11.8. The first-order chi connectivity index (χ1) is 8.92. The van der Waals surface area contributed by atoms with Gasteiger partial charge in [0, 0.05) is 6.54 Å². The lowest BCUT2D eigenvalue weighted by molar-refractivity contribution is 0.0523. The van der Waals surface area contributed by atoms with E-state index in [4.69, 9.17) is 4.74 Å². The molecule has 0 saturated heterocycles. The molecule has 6 heteroatoms. The smallest absolute Gasteiger partial charge is 0.407 e. The Hall–Kier alpha value is -1.59. The predicted molar refractivity (Wildman–Crippen MR) is 70.4 cm³/mol. The summed E-state index contributed by atoms with van der Waals surface area (Å²) in [5.74, 6) is 0.744. The molecule has 0 unspecified atom stereocenters. The Bertz CT molecular complexity index is 432. The molecule has 0 atom stereocenters. The van der Waals surface area contributed by atoms with Gasteiger partial charge >= 0.3 is 6.09 Å². The molecule has 2 rings (SSSR count). The van der Waals surface area contributed by atoms with E-state index in [1.807, 2.05) is 31.6 Å². The summed E-state index contributed by atoms with van der Waals surface area (Å²) >= 11 is 0. The lowest BCUT2D eigenvalue weighted by Gasteiger charge is -2.24. The van der Waals surface area contributed by atoms with Crippen molar-refractivity contribution in [2.24, 2.45) is 5.92 Å². The van der Waals surface area contributed by atoms with Gasteiger partial charge in [0.25, 0.3) is 0 Å². The summed E-state index contributed by atoms with van der Waals surface area (Å²) in [4.78, 5) is 11.5. The van der Waals surface area contributed by atoms with E-state index in [9.17, 15) is 4.79 Å². The molecule has 0 radical (unpaired) electrons. The molecule has 1 N–H and O–H groups in total. The van der Waals surface area contributed by atoms with Gasteiger partial charge in [-0.3, -0.25) is 4.68 Å². The molecule has 0 bridgehead atoms. The number of nitrogens with one attached hydrogen (secondary N) is 1. The highest BCUT2D eigenvalue weighted by molar-refractivity contribution is 5.67. The van der Waals surface area contributed by atoms with Crippen LogP contribution < -0.4 is 5.32 Å². The molecule has 0 spiro atoms. The van der Waals surface area contributed by atoms with Crippen LogP contribution >= 0.6 is 0 Å². The number of ether oxygens (including phenoxy) is 1.